The molecule has 0 radical (unpaired) electrons. The Morgan fingerprint density at radius 1 is 1.10 bits per heavy atom. The predicted octanol–water partition coefficient (Wildman–Crippen LogP) is 2.47. The molecule has 0 spiro atoms. The summed E-state index contributed by atoms with van der Waals surface area (Å²) in [7, 11) is 0. The number of hydrogen-bond donors (Lipinski definition) is 2. The van der Waals surface area contributed by atoms with Crippen molar-refractivity contribution >= 4 is 37.4 Å². The number of phenolic OH excluding ortho intramolecular Hbond substituents is 2. The van der Waals surface area contributed by atoms with Gasteiger partial charge in [0.2, 0.25) is 0 Å². The first kappa shape index (κ1) is 11.2. The number of rotatable bonds is 0. The van der Waals surface area contributed by atoms with Crippen LogP contribution in [-0.4, -0.2) is 19.6 Å². The van der Waals surface area contributed by atoms with Gasteiger partial charge in [0.15, 0.2) is 16.5 Å². The molecule has 2 aromatic heterocycles. The Labute approximate surface area is 116 Å². The third kappa shape index (κ3) is 1.36. The Hall–Kier alpha value is -2.60. The molecule has 0 unspecified atom stereocenters. The molecule has 6 heteroatoms. The Morgan fingerprint density at radius 3 is 2.70 bits per heavy atom. The zero-order valence-electron chi connectivity index (χ0n) is 10.1. The van der Waals surface area contributed by atoms with Crippen LogP contribution in [0.2, 0.25) is 0 Å². The molecule has 98 valence electrons. The Morgan fingerprint density at radius 2 is 1.85 bits per heavy atom. The number of fused-ring (bicyclic) bond motifs is 4. The minimum Gasteiger partial charge on any atom is -0.504 e. The highest BCUT2D eigenvalue weighted by Crippen LogP contribution is 2.34. The molecule has 20 heavy (non-hydrogen) atoms. The number of phenols is 2. The average molecular weight is 284 g/mol. The highest BCUT2D eigenvalue weighted by Gasteiger charge is 2.13. The van der Waals surface area contributed by atoms with Gasteiger partial charge in [0.1, 0.15) is 0 Å². The van der Waals surface area contributed by atoms with Crippen molar-refractivity contribution in [1.29, 1.82) is 0 Å². The molecule has 0 saturated heterocycles. The molecule has 0 amide bonds. The van der Waals surface area contributed by atoms with Crippen molar-refractivity contribution in [2.45, 2.75) is 0 Å². The predicted molar refractivity (Wildman–Crippen MR) is 77.7 cm³/mol. The van der Waals surface area contributed by atoms with Crippen molar-refractivity contribution < 1.29 is 10.2 Å². The van der Waals surface area contributed by atoms with E-state index in [0.717, 1.165) is 0 Å². The molecule has 0 aliphatic carbocycles. The number of thiazole rings is 1. The van der Waals surface area contributed by atoms with Gasteiger partial charge in [0, 0.05) is 12.1 Å². The van der Waals surface area contributed by atoms with Crippen molar-refractivity contribution in [3.05, 3.63) is 46.8 Å². The normalized spacial score (nSPS) is 11.6. The summed E-state index contributed by atoms with van der Waals surface area (Å²) < 4.78 is 2.15. The van der Waals surface area contributed by atoms with E-state index in [4.69, 9.17) is 0 Å². The summed E-state index contributed by atoms with van der Waals surface area (Å²) in [6.07, 6.45) is 0. The van der Waals surface area contributed by atoms with Crippen molar-refractivity contribution in [2.24, 2.45) is 0 Å². The zero-order valence-corrected chi connectivity index (χ0v) is 10.9. The lowest BCUT2D eigenvalue weighted by molar-refractivity contribution is 0.405. The fraction of sp³-hybridized carbons (Fsp3) is 0. The second-order valence-electron chi connectivity index (χ2n) is 4.46. The zero-order chi connectivity index (χ0) is 13.9. The maximum Gasteiger partial charge on any atom is 0.266 e. The fourth-order valence-electron chi connectivity index (χ4n) is 2.29. The summed E-state index contributed by atoms with van der Waals surface area (Å²) in [4.78, 5) is 17.5. The topological polar surface area (TPSA) is 74.8 Å². The summed E-state index contributed by atoms with van der Waals surface area (Å²) in [6.45, 7) is 0. The van der Waals surface area contributed by atoms with Crippen molar-refractivity contribution in [2.75, 3.05) is 0 Å². The van der Waals surface area contributed by atoms with E-state index in [1.165, 1.54) is 27.9 Å². The molecule has 2 aromatic carbocycles. The van der Waals surface area contributed by atoms with Gasteiger partial charge in [-0.3, -0.25) is 9.20 Å². The van der Waals surface area contributed by atoms with Crippen LogP contribution >= 0.6 is 11.3 Å². The van der Waals surface area contributed by atoms with E-state index < -0.39 is 0 Å². The molecule has 5 nitrogen and oxygen atoms in total. The number of para-hydroxylation sites is 1. The number of aromatic nitrogens is 2. The van der Waals surface area contributed by atoms with Crippen molar-refractivity contribution in [3.8, 4) is 11.5 Å². The molecule has 0 saturated carbocycles. The third-order valence-corrected chi connectivity index (χ3v) is 4.25. The van der Waals surface area contributed by atoms with Gasteiger partial charge in [-0.25, -0.2) is 4.98 Å². The van der Waals surface area contributed by atoms with Crippen LogP contribution in [0.3, 0.4) is 0 Å². The largest absolute Gasteiger partial charge is 0.504 e. The van der Waals surface area contributed by atoms with Gasteiger partial charge < -0.3 is 10.2 Å². The Kier molecular flexibility index (Phi) is 2.08. The highest BCUT2D eigenvalue weighted by atomic mass is 32.1. The van der Waals surface area contributed by atoms with E-state index in [1.54, 1.807) is 18.2 Å². The first-order valence-corrected chi connectivity index (χ1v) is 6.73. The van der Waals surface area contributed by atoms with E-state index >= 15 is 0 Å². The standard InChI is InChI=1S/C14H8N2O3S/c17-10-5-9-12(6-11(10)18)20-14-15-8-4-2-1-3-7(8)13(19)16(9)14/h1-6,17-18H. The molecule has 4 rings (SSSR count). The van der Waals surface area contributed by atoms with Gasteiger partial charge in [-0.2, -0.15) is 0 Å². The number of aromatic hydroxyl groups is 2. The van der Waals surface area contributed by atoms with Crippen LogP contribution in [0.25, 0.3) is 26.1 Å². The Balaban J connectivity index is 2.32. The smallest absolute Gasteiger partial charge is 0.266 e. The average Bonchev–Trinajstić information content (AvgIpc) is 2.77. The highest BCUT2D eigenvalue weighted by molar-refractivity contribution is 7.23. The molecule has 0 aliphatic rings. The first-order valence-electron chi connectivity index (χ1n) is 5.91. The van der Waals surface area contributed by atoms with Gasteiger partial charge in [0.05, 0.1) is 21.1 Å². The van der Waals surface area contributed by atoms with E-state index in [-0.39, 0.29) is 17.1 Å². The van der Waals surface area contributed by atoms with Gasteiger partial charge in [-0.05, 0) is 12.1 Å². The quantitative estimate of drug-likeness (QED) is 0.486. The monoisotopic (exact) mass is 284 g/mol. The summed E-state index contributed by atoms with van der Waals surface area (Å²) in [6, 6.07) is 9.95. The van der Waals surface area contributed by atoms with Gasteiger partial charge in [0.25, 0.3) is 5.56 Å². The first-order chi connectivity index (χ1) is 9.65. The van der Waals surface area contributed by atoms with Crippen molar-refractivity contribution in [1.82, 2.24) is 9.38 Å². The summed E-state index contributed by atoms with van der Waals surface area (Å²) in [5, 5.41) is 19.7. The van der Waals surface area contributed by atoms with E-state index in [0.29, 0.717) is 26.1 Å². The molecule has 2 N–H and O–H groups in total. The third-order valence-electron chi connectivity index (χ3n) is 3.24. The number of hydrogen-bond acceptors (Lipinski definition) is 5. The molecule has 0 bridgehead atoms. The second kappa shape index (κ2) is 3.71. The number of nitrogens with zero attached hydrogens (tertiary/aromatic N) is 2. The van der Waals surface area contributed by atoms with E-state index in [2.05, 4.69) is 4.98 Å². The van der Waals surface area contributed by atoms with Crippen LogP contribution in [0, 0.1) is 0 Å². The second-order valence-corrected chi connectivity index (χ2v) is 5.47. The maximum absolute atomic E-state index is 12.5. The SMILES string of the molecule is O=c1c2ccccc2nc2sc3cc(O)c(O)cc3n12. The number of benzene rings is 2. The Bertz CT molecular complexity index is 1050. The lowest BCUT2D eigenvalue weighted by Crippen LogP contribution is -2.13. The molecular weight excluding hydrogens is 276 g/mol. The summed E-state index contributed by atoms with van der Waals surface area (Å²) in [5.41, 5.74) is 1.00. The summed E-state index contributed by atoms with van der Waals surface area (Å²) >= 11 is 1.29. The fourth-order valence-corrected chi connectivity index (χ4v) is 3.33. The van der Waals surface area contributed by atoms with Gasteiger partial charge in [-0.1, -0.05) is 23.5 Å². The molecule has 0 fully saturated rings. The minimum atomic E-state index is -0.253. The van der Waals surface area contributed by atoms with E-state index in [9.17, 15) is 15.0 Å². The van der Waals surface area contributed by atoms with Crippen LogP contribution in [0.5, 0.6) is 11.5 Å². The molecule has 0 aliphatic heterocycles. The van der Waals surface area contributed by atoms with E-state index in [1.807, 2.05) is 6.07 Å². The van der Waals surface area contributed by atoms with Gasteiger partial charge >= 0.3 is 0 Å². The molecule has 4 aromatic rings. The van der Waals surface area contributed by atoms with Crippen LogP contribution in [0.15, 0.2) is 41.2 Å². The maximum atomic E-state index is 12.5. The van der Waals surface area contributed by atoms with Gasteiger partial charge in [-0.15, -0.1) is 0 Å². The van der Waals surface area contributed by atoms with Crippen molar-refractivity contribution in [3.63, 3.8) is 0 Å². The summed E-state index contributed by atoms with van der Waals surface area (Å²) in [5.74, 6) is -0.459. The van der Waals surface area contributed by atoms with Crippen LogP contribution < -0.4 is 5.56 Å². The molecule has 2 heterocycles. The van der Waals surface area contributed by atoms with Crippen LogP contribution in [-0.2, 0) is 0 Å². The lowest BCUT2D eigenvalue weighted by Gasteiger charge is -2.00. The lowest BCUT2D eigenvalue weighted by atomic mass is 10.2. The van der Waals surface area contributed by atoms with Crippen LogP contribution in [0.4, 0.5) is 0 Å². The minimum absolute atomic E-state index is 0.179. The molecular formula is C14H8N2O3S. The van der Waals surface area contributed by atoms with Crippen LogP contribution in [0.1, 0.15) is 0 Å². The molecule has 0 atom stereocenters.